The Morgan fingerprint density at radius 1 is 0.893 bits per heavy atom. The van der Waals surface area contributed by atoms with E-state index < -0.39 is 0 Å². The summed E-state index contributed by atoms with van der Waals surface area (Å²) in [6.45, 7) is 0.285. The van der Waals surface area contributed by atoms with Crippen molar-refractivity contribution >= 4 is 45.4 Å². The lowest BCUT2D eigenvalue weighted by Gasteiger charge is -2.08. The topological polar surface area (TPSA) is 55.2 Å². The van der Waals surface area contributed by atoms with Crippen molar-refractivity contribution in [2.75, 3.05) is 12.1 Å². The summed E-state index contributed by atoms with van der Waals surface area (Å²) in [5.74, 6) is 2.34. The number of thiocarbonyl (C=S) groups is 1. The normalized spacial score (nSPS) is 12.3. The van der Waals surface area contributed by atoms with E-state index in [1.807, 2.05) is 72.8 Å². The first kappa shape index (κ1) is 18.5. The molecule has 3 aromatic carbocycles. The number of benzene rings is 3. The molecule has 0 amide bonds. The first-order valence-corrected chi connectivity index (χ1v) is 10.0. The van der Waals surface area contributed by atoms with E-state index in [1.165, 1.54) is 0 Å². The van der Waals surface area contributed by atoms with Crippen molar-refractivity contribution in [3.8, 4) is 11.5 Å². The number of hydrogen-bond donors (Lipinski definition) is 1. The lowest BCUT2D eigenvalue weighted by Crippen LogP contribution is -2.04. The lowest BCUT2D eigenvalue weighted by molar-refractivity contribution is 0.174. The molecule has 1 aliphatic heterocycles. The SMILES string of the molecule is S=C(Nc1ccc(N=Nc2ccccc2)cc1)SCc1ccc2c(c1)OCO2. The number of azo groups is 1. The van der Waals surface area contributed by atoms with Gasteiger partial charge in [-0.05, 0) is 54.1 Å². The zero-order valence-corrected chi connectivity index (χ0v) is 16.5. The third-order valence-corrected chi connectivity index (χ3v) is 5.26. The van der Waals surface area contributed by atoms with E-state index in [1.54, 1.807) is 11.8 Å². The van der Waals surface area contributed by atoms with Gasteiger partial charge in [-0.25, -0.2) is 0 Å². The van der Waals surface area contributed by atoms with Crippen molar-refractivity contribution < 1.29 is 9.47 Å². The number of thioether (sulfide) groups is 1. The van der Waals surface area contributed by atoms with E-state index in [4.69, 9.17) is 21.7 Å². The largest absolute Gasteiger partial charge is 0.454 e. The fraction of sp³-hybridized carbons (Fsp3) is 0.0952. The molecule has 0 bridgehead atoms. The molecule has 0 atom stereocenters. The van der Waals surface area contributed by atoms with Crippen LogP contribution in [0.3, 0.4) is 0 Å². The molecule has 0 aliphatic carbocycles. The maximum atomic E-state index is 5.44. The highest BCUT2D eigenvalue weighted by Crippen LogP contribution is 2.33. The number of hydrogen-bond acceptors (Lipinski definition) is 6. The van der Waals surface area contributed by atoms with Gasteiger partial charge in [0.05, 0.1) is 11.4 Å². The Labute approximate surface area is 172 Å². The molecule has 4 rings (SSSR count). The number of ether oxygens (including phenoxy) is 2. The second kappa shape index (κ2) is 8.86. The van der Waals surface area contributed by atoms with Crippen LogP contribution in [0.2, 0.25) is 0 Å². The fourth-order valence-electron chi connectivity index (χ4n) is 2.56. The van der Waals surface area contributed by atoms with Crippen molar-refractivity contribution in [2.24, 2.45) is 10.2 Å². The minimum Gasteiger partial charge on any atom is -0.454 e. The Kier molecular flexibility index (Phi) is 5.84. The van der Waals surface area contributed by atoms with Gasteiger partial charge in [-0.1, -0.05) is 48.2 Å². The molecule has 0 saturated carbocycles. The third kappa shape index (κ3) is 4.88. The molecule has 0 spiro atoms. The quantitative estimate of drug-likeness (QED) is 0.388. The van der Waals surface area contributed by atoms with Gasteiger partial charge in [-0.15, -0.1) is 0 Å². The van der Waals surface area contributed by atoms with Crippen LogP contribution in [0.15, 0.2) is 83.0 Å². The van der Waals surface area contributed by atoms with E-state index in [0.717, 1.165) is 39.9 Å². The summed E-state index contributed by atoms with van der Waals surface area (Å²) in [6, 6.07) is 23.3. The molecule has 0 aromatic heterocycles. The number of anilines is 1. The van der Waals surface area contributed by atoms with Crippen LogP contribution in [0.1, 0.15) is 5.56 Å². The molecule has 0 unspecified atom stereocenters. The Bertz CT molecular complexity index is 992. The zero-order valence-electron chi connectivity index (χ0n) is 14.9. The Hall–Kier alpha value is -2.90. The number of nitrogens with one attached hydrogen (secondary N) is 1. The third-order valence-electron chi connectivity index (χ3n) is 3.96. The number of nitrogens with zero attached hydrogens (tertiary/aromatic N) is 2. The second-order valence-corrected chi connectivity index (χ2v) is 7.62. The maximum Gasteiger partial charge on any atom is 0.231 e. The predicted molar refractivity (Wildman–Crippen MR) is 117 cm³/mol. The minimum atomic E-state index is 0.285. The van der Waals surface area contributed by atoms with Gasteiger partial charge in [0.1, 0.15) is 4.32 Å². The van der Waals surface area contributed by atoms with Crippen LogP contribution in [0.5, 0.6) is 11.5 Å². The van der Waals surface area contributed by atoms with Crippen LogP contribution >= 0.6 is 24.0 Å². The van der Waals surface area contributed by atoms with Gasteiger partial charge in [0.2, 0.25) is 6.79 Å². The second-order valence-electron chi connectivity index (χ2n) is 5.97. The van der Waals surface area contributed by atoms with Crippen molar-refractivity contribution in [2.45, 2.75) is 5.75 Å². The van der Waals surface area contributed by atoms with E-state index in [-0.39, 0.29) is 6.79 Å². The van der Waals surface area contributed by atoms with Crippen molar-refractivity contribution in [1.29, 1.82) is 0 Å². The van der Waals surface area contributed by atoms with Gasteiger partial charge in [0.25, 0.3) is 0 Å². The van der Waals surface area contributed by atoms with E-state index in [9.17, 15) is 0 Å². The summed E-state index contributed by atoms with van der Waals surface area (Å²) >= 11 is 7.00. The zero-order chi connectivity index (χ0) is 19.2. The average molecular weight is 408 g/mol. The highest BCUT2D eigenvalue weighted by molar-refractivity contribution is 8.22. The van der Waals surface area contributed by atoms with Gasteiger partial charge in [-0.3, -0.25) is 0 Å². The smallest absolute Gasteiger partial charge is 0.231 e. The predicted octanol–water partition coefficient (Wildman–Crippen LogP) is 6.46. The first-order valence-electron chi connectivity index (χ1n) is 8.65. The van der Waals surface area contributed by atoms with Crippen LogP contribution in [0, 0.1) is 0 Å². The van der Waals surface area contributed by atoms with E-state index >= 15 is 0 Å². The van der Waals surface area contributed by atoms with Crippen LogP contribution in [0.25, 0.3) is 0 Å². The first-order chi connectivity index (χ1) is 13.8. The number of rotatable bonds is 5. The standard InChI is InChI=1S/C21H17N3O2S2/c27-21(28-13-15-6-11-19-20(12-15)26-14-25-19)22-16-7-9-18(10-8-16)24-23-17-4-2-1-3-5-17/h1-12H,13-14H2,(H,22,27). The molecule has 1 heterocycles. The van der Waals surface area contributed by atoms with E-state index in [2.05, 4.69) is 15.5 Å². The molecule has 140 valence electrons. The van der Waals surface area contributed by atoms with Crippen LogP contribution in [-0.4, -0.2) is 11.1 Å². The molecule has 0 fully saturated rings. The van der Waals surface area contributed by atoms with E-state index in [0.29, 0.717) is 4.32 Å². The van der Waals surface area contributed by atoms with Gasteiger partial charge in [-0.2, -0.15) is 10.2 Å². The molecule has 0 radical (unpaired) electrons. The van der Waals surface area contributed by atoms with Gasteiger partial charge in [0.15, 0.2) is 11.5 Å². The average Bonchev–Trinajstić information content (AvgIpc) is 3.20. The Morgan fingerprint density at radius 2 is 1.61 bits per heavy atom. The number of fused-ring (bicyclic) bond motifs is 1. The molecule has 0 saturated heterocycles. The molecule has 28 heavy (non-hydrogen) atoms. The molecular formula is C21H17N3O2S2. The summed E-state index contributed by atoms with van der Waals surface area (Å²) in [4.78, 5) is 0. The van der Waals surface area contributed by atoms with Gasteiger partial charge < -0.3 is 14.8 Å². The van der Waals surface area contributed by atoms with Crippen molar-refractivity contribution in [3.63, 3.8) is 0 Å². The lowest BCUT2D eigenvalue weighted by atomic mass is 10.2. The molecule has 7 heteroatoms. The minimum absolute atomic E-state index is 0.285. The summed E-state index contributed by atoms with van der Waals surface area (Å²) in [5, 5.41) is 11.7. The summed E-state index contributed by atoms with van der Waals surface area (Å²) in [5.41, 5.74) is 3.66. The van der Waals surface area contributed by atoms with Gasteiger partial charge >= 0.3 is 0 Å². The Morgan fingerprint density at radius 3 is 2.39 bits per heavy atom. The molecule has 1 aliphatic rings. The fourth-order valence-corrected chi connectivity index (χ4v) is 3.52. The Balaban J connectivity index is 1.29. The van der Waals surface area contributed by atoms with Gasteiger partial charge in [0, 0.05) is 11.4 Å². The molecular weight excluding hydrogens is 390 g/mol. The van der Waals surface area contributed by atoms with Crippen molar-refractivity contribution in [1.82, 2.24) is 0 Å². The van der Waals surface area contributed by atoms with Crippen LogP contribution in [-0.2, 0) is 5.75 Å². The van der Waals surface area contributed by atoms with Crippen LogP contribution in [0.4, 0.5) is 17.1 Å². The monoisotopic (exact) mass is 407 g/mol. The summed E-state index contributed by atoms with van der Waals surface area (Å²) < 4.78 is 11.4. The highest BCUT2D eigenvalue weighted by Gasteiger charge is 2.13. The summed E-state index contributed by atoms with van der Waals surface area (Å²) in [6.07, 6.45) is 0. The molecule has 5 nitrogen and oxygen atoms in total. The van der Waals surface area contributed by atoms with Crippen molar-refractivity contribution in [3.05, 3.63) is 78.4 Å². The maximum absolute atomic E-state index is 5.44. The molecule has 3 aromatic rings. The molecule has 1 N–H and O–H groups in total. The highest BCUT2D eigenvalue weighted by atomic mass is 32.2. The summed E-state index contributed by atoms with van der Waals surface area (Å²) in [7, 11) is 0. The van der Waals surface area contributed by atoms with Crippen LogP contribution < -0.4 is 14.8 Å².